The second kappa shape index (κ2) is 10.3. The zero-order chi connectivity index (χ0) is 18.9. The maximum absolute atomic E-state index is 12.1. The number of benzene rings is 1. The Labute approximate surface area is 166 Å². The van der Waals surface area contributed by atoms with E-state index in [0.29, 0.717) is 25.2 Å². The molecule has 0 saturated carbocycles. The third-order valence-corrected chi connectivity index (χ3v) is 4.88. The summed E-state index contributed by atoms with van der Waals surface area (Å²) in [7, 11) is 1.98. The van der Waals surface area contributed by atoms with Crippen LogP contribution in [-0.2, 0) is 6.54 Å². The molecule has 140 valence electrons. The molecule has 0 spiro atoms. The lowest BCUT2D eigenvalue weighted by atomic mass is 10.2. The van der Waals surface area contributed by atoms with Crippen molar-refractivity contribution < 1.29 is 4.79 Å². The van der Waals surface area contributed by atoms with Crippen LogP contribution in [0.5, 0.6) is 0 Å². The number of thiazole rings is 1. The standard InChI is InChI=1S/C18H24BrN5OS/c1-4-20-18(24(3)11-16-12-26-13(2)23-16)22-10-9-21-17(25)14-5-7-15(19)8-6-14/h5-8,12H,4,9-11H2,1-3H3,(H,20,22)(H,21,25). The van der Waals surface area contributed by atoms with Crippen LogP contribution in [-0.4, -0.2) is 48.4 Å². The highest BCUT2D eigenvalue weighted by molar-refractivity contribution is 9.10. The molecule has 1 aromatic carbocycles. The number of amides is 1. The number of aryl methyl sites for hydroxylation is 1. The van der Waals surface area contributed by atoms with E-state index in [-0.39, 0.29) is 5.91 Å². The number of halogens is 1. The van der Waals surface area contributed by atoms with Crippen molar-refractivity contribution in [3.8, 4) is 0 Å². The molecule has 2 rings (SSSR count). The molecule has 0 aliphatic heterocycles. The molecule has 0 radical (unpaired) electrons. The lowest BCUT2D eigenvalue weighted by Crippen LogP contribution is -2.39. The number of nitrogens with zero attached hydrogens (tertiary/aromatic N) is 3. The molecule has 2 N–H and O–H groups in total. The van der Waals surface area contributed by atoms with Crippen LogP contribution in [0.3, 0.4) is 0 Å². The van der Waals surface area contributed by atoms with Gasteiger partial charge in [0.2, 0.25) is 0 Å². The van der Waals surface area contributed by atoms with Crippen LogP contribution < -0.4 is 10.6 Å². The van der Waals surface area contributed by atoms with Crippen molar-refractivity contribution in [1.29, 1.82) is 0 Å². The van der Waals surface area contributed by atoms with Gasteiger partial charge in [0, 0.05) is 35.6 Å². The minimum Gasteiger partial charge on any atom is -0.357 e. The molecule has 0 bridgehead atoms. The first-order chi connectivity index (χ1) is 12.5. The number of hydrogen-bond donors (Lipinski definition) is 2. The first-order valence-electron chi connectivity index (χ1n) is 8.43. The van der Waals surface area contributed by atoms with Crippen LogP contribution in [0, 0.1) is 6.92 Å². The van der Waals surface area contributed by atoms with Gasteiger partial charge >= 0.3 is 0 Å². The van der Waals surface area contributed by atoms with Crippen molar-refractivity contribution in [3.63, 3.8) is 0 Å². The van der Waals surface area contributed by atoms with Gasteiger partial charge in [-0.2, -0.15) is 0 Å². The summed E-state index contributed by atoms with van der Waals surface area (Å²) in [6, 6.07) is 7.28. The maximum atomic E-state index is 12.1. The SMILES string of the molecule is CCNC(=NCCNC(=O)c1ccc(Br)cc1)N(C)Cc1csc(C)n1. The van der Waals surface area contributed by atoms with E-state index in [9.17, 15) is 4.79 Å². The van der Waals surface area contributed by atoms with Crippen molar-refractivity contribution in [1.82, 2.24) is 20.5 Å². The van der Waals surface area contributed by atoms with Crippen molar-refractivity contribution >= 4 is 39.1 Å². The fraction of sp³-hybridized carbons (Fsp3) is 0.389. The molecule has 8 heteroatoms. The van der Waals surface area contributed by atoms with Gasteiger partial charge in [0.05, 0.1) is 23.8 Å². The van der Waals surface area contributed by atoms with E-state index in [0.717, 1.165) is 27.7 Å². The highest BCUT2D eigenvalue weighted by Crippen LogP contribution is 2.11. The zero-order valence-electron chi connectivity index (χ0n) is 15.3. The van der Waals surface area contributed by atoms with Crippen LogP contribution in [0.25, 0.3) is 0 Å². The maximum Gasteiger partial charge on any atom is 0.251 e. The smallest absolute Gasteiger partial charge is 0.251 e. The molecule has 1 amide bonds. The molecule has 0 atom stereocenters. The van der Waals surface area contributed by atoms with Crippen molar-refractivity contribution in [2.75, 3.05) is 26.7 Å². The Kier molecular flexibility index (Phi) is 8.06. The average Bonchev–Trinajstić information content (AvgIpc) is 3.02. The van der Waals surface area contributed by atoms with E-state index in [1.165, 1.54) is 0 Å². The Morgan fingerprint density at radius 3 is 2.65 bits per heavy atom. The Morgan fingerprint density at radius 2 is 2.04 bits per heavy atom. The molecule has 0 fully saturated rings. The average molecular weight is 438 g/mol. The molecule has 1 aromatic heterocycles. The van der Waals surface area contributed by atoms with E-state index in [4.69, 9.17) is 0 Å². The molecule has 0 unspecified atom stereocenters. The van der Waals surface area contributed by atoms with Crippen LogP contribution >= 0.6 is 27.3 Å². The van der Waals surface area contributed by atoms with Crippen LogP contribution in [0.1, 0.15) is 28.0 Å². The van der Waals surface area contributed by atoms with E-state index in [2.05, 4.69) is 41.9 Å². The van der Waals surface area contributed by atoms with Gasteiger partial charge in [-0.15, -0.1) is 11.3 Å². The molecule has 0 aliphatic rings. The summed E-state index contributed by atoms with van der Waals surface area (Å²) in [6.45, 7) is 6.50. The molecule has 2 aromatic rings. The van der Waals surface area contributed by atoms with Gasteiger partial charge in [-0.05, 0) is 38.1 Å². The summed E-state index contributed by atoms with van der Waals surface area (Å²) in [5, 5.41) is 9.28. The third kappa shape index (κ3) is 6.42. The molecule has 6 nitrogen and oxygen atoms in total. The number of guanidine groups is 1. The topological polar surface area (TPSA) is 69.6 Å². The van der Waals surface area contributed by atoms with Gasteiger partial charge in [0.15, 0.2) is 5.96 Å². The van der Waals surface area contributed by atoms with Crippen LogP contribution in [0.15, 0.2) is 39.1 Å². The molecular weight excluding hydrogens is 414 g/mol. The summed E-state index contributed by atoms with van der Waals surface area (Å²) in [4.78, 5) is 23.2. The molecular formula is C18H24BrN5OS. The van der Waals surface area contributed by atoms with Gasteiger partial charge in [-0.3, -0.25) is 9.79 Å². The summed E-state index contributed by atoms with van der Waals surface area (Å²) >= 11 is 5.01. The molecule has 0 aliphatic carbocycles. The Hall–Kier alpha value is -1.93. The van der Waals surface area contributed by atoms with Crippen molar-refractivity contribution in [2.45, 2.75) is 20.4 Å². The highest BCUT2D eigenvalue weighted by atomic mass is 79.9. The summed E-state index contributed by atoms with van der Waals surface area (Å²) in [5.74, 6) is 0.708. The minimum absolute atomic E-state index is 0.0935. The number of rotatable bonds is 7. The summed E-state index contributed by atoms with van der Waals surface area (Å²) < 4.78 is 0.951. The van der Waals surface area contributed by atoms with Gasteiger partial charge < -0.3 is 15.5 Å². The second-order valence-corrected chi connectivity index (χ2v) is 7.69. The monoisotopic (exact) mass is 437 g/mol. The summed E-state index contributed by atoms with van der Waals surface area (Å²) in [5.41, 5.74) is 1.67. The number of nitrogens with one attached hydrogen (secondary N) is 2. The van der Waals surface area contributed by atoms with Crippen LogP contribution in [0.4, 0.5) is 0 Å². The predicted octanol–water partition coefficient (Wildman–Crippen LogP) is 3.04. The predicted molar refractivity (Wildman–Crippen MR) is 111 cm³/mol. The zero-order valence-corrected chi connectivity index (χ0v) is 17.7. The largest absolute Gasteiger partial charge is 0.357 e. The Morgan fingerprint density at radius 1 is 1.31 bits per heavy atom. The number of carbonyl (C=O) groups excluding carboxylic acids is 1. The molecule has 26 heavy (non-hydrogen) atoms. The number of hydrogen-bond acceptors (Lipinski definition) is 4. The fourth-order valence-electron chi connectivity index (χ4n) is 2.30. The number of aliphatic imine (C=N–C) groups is 1. The lowest BCUT2D eigenvalue weighted by molar-refractivity contribution is 0.0955. The Balaban J connectivity index is 1.85. The first-order valence-corrected chi connectivity index (χ1v) is 10.1. The van der Waals surface area contributed by atoms with Crippen molar-refractivity contribution in [3.05, 3.63) is 50.4 Å². The van der Waals surface area contributed by atoms with Gasteiger partial charge in [-0.25, -0.2) is 4.98 Å². The van der Waals surface area contributed by atoms with E-state index >= 15 is 0 Å². The lowest BCUT2D eigenvalue weighted by Gasteiger charge is -2.21. The number of carbonyl (C=O) groups is 1. The first kappa shape index (κ1) is 20.4. The normalized spacial score (nSPS) is 11.3. The third-order valence-electron chi connectivity index (χ3n) is 3.53. The van der Waals surface area contributed by atoms with E-state index in [1.54, 1.807) is 23.5 Å². The minimum atomic E-state index is -0.0935. The Bertz CT molecular complexity index is 744. The van der Waals surface area contributed by atoms with Gasteiger partial charge in [0.25, 0.3) is 5.91 Å². The summed E-state index contributed by atoms with van der Waals surface area (Å²) in [6.07, 6.45) is 0. The second-order valence-electron chi connectivity index (χ2n) is 5.71. The molecule has 1 heterocycles. The van der Waals surface area contributed by atoms with Crippen molar-refractivity contribution in [2.24, 2.45) is 4.99 Å². The number of aromatic nitrogens is 1. The van der Waals surface area contributed by atoms with Gasteiger partial charge in [-0.1, -0.05) is 15.9 Å². The molecule has 0 saturated heterocycles. The van der Waals surface area contributed by atoms with Crippen LogP contribution in [0.2, 0.25) is 0 Å². The highest BCUT2D eigenvalue weighted by Gasteiger charge is 2.09. The fourth-order valence-corrected chi connectivity index (χ4v) is 3.17. The van der Waals surface area contributed by atoms with Gasteiger partial charge in [0.1, 0.15) is 0 Å². The van der Waals surface area contributed by atoms with E-state index < -0.39 is 0 Å². The van der Waals surface area contributed by atoms with E-state index in [1.807, 2.05) is 37.9 Å². The quantitative estimate of drug-likeness (QED) is 0.396.